The molecule has 0 radical (unpaired) electrons. The molecule has 0 unspecified atom stereocenters. The molecule has 2 nitrogen and oxygen atoms in total. The molecule has 0 aromatic rings. The maximum Gasteiger partial charge on any atom is 0.132 e. The number of rotatable bonds is 0. The normalized spacial score (nSPS) is 24.8. The lowest BCUT2D eigenvalue weighted by Crippen LogP contribution is -2.24. The van der Waals surface area contributed by atoms with E-state index in [1.807, 2.05) is 20.1 Å². The lowest BCUT2D eigenvalue weighted by Gasteiger charge is -2.23. The second-order valence-electron chi connectivity index (χ2n) is 2.68. The van der Waals surface area contributed by atoms with Gasteiger partial charge in [0.1, 0.15) is 5.60 Å². The molecule has 0 aromatic carbocycles. The summed E-state index contributed by atoms with van der Waals surface area (Å²) >= 11 is 0. The van der Waals surface area contributed by atoms with Gasteiger partial charge in [-0.05, 0) is 26.7 Å². The van der Waals surface area contributed by atoms with E-state index in [1.165, 1.54) is 0 Å². The second kappa shape index (κ2) is 1.77. The van der Waals surface area contributed by atoms with E-state index in [0.717, 1.165) is 12.8 Å². The molecule has 0 spiro atoms. The third-order valence-corrected chi connectivity index (χ3v) is 1.25. The van der Waals surface area contributed by atoms with Crippen molar-refractivity contribution in [3.63, 3.8) is 0 Å². The van der Waals surface area contributed by atoms with E-state index in [2.05, 4.69) is 5.16 Å². The number of nitrogens with zero attached hydrogens (tertiary/aromatic N) is 1. The Hall–Kier alpha value is -0.530. The van der Waals surface area contributed by atoms with Crippen molar-refractivity contribution in [2.45, 2.75) is 32.3 Å². The molecule has 1 heterocycles. The SMILES string of the molecule is CC1(C)CCC=NO1. The van der Waals surface area contributed by atoms with Crippen LogP contribution >= 0.6 is 0 Å². The Morgan fingerprint density at radius 1 is 1.62 bits per heavy atom. The van der Waals surface area contributed by atoms with Gasteiger partial charge in [-0.1, -0.05) is 5.16 Å². The summed E-state index contributed by atoms with van der Waals surface area (Å²) in [7, 11) is 0. The molecular weight excluding hydrogens is 102 g/mol. The first-order chi connectivity index (χ1) is 3.71. The van der Waals surface area contributed by atoms with Crippen LogP contribution in [0, 0.1) is 0 Å². The topological polar surface area (TPSA) is 21.6 Å². The Balaban J connectivity index is 2.50. The molecule has 46 valence electrons. The third-order valence-electron chi connectivity index (χ3n) is 1.25. The molecule has 1 rings (SSSR count). The van der Waals surface area contributed by atoms with Crippen LogP contribution in [0.15, 0.2) is 5.16 Å². The molecule has 2 heteroatoms. The van der Waals surface area contributed by atoms with Crippen LogP contribution in [0.1, 0.15) is 26.7 Å². The summed E-state index contributed by atoms with van der Waals surface area (Å²) in [5.41, 5.74) is -0.0191. The average Bonchev–Trinajstić information content (AvgIpc) is 1.65. The Kier molecular flexibility index (Phi) is 1.24. The smallest absolute Gasteiger partial charge is 0.132 e. The first kappa shape index (κ1) is 5.60. The first-order valence-corrected chi connectivity index (χ1v) is 2.91. The minimum atomic E-state index is -0.0191. The zero-order valence-corrected chi connectivity index (χ0v) is 5.35. The van der Waals surface area contributed by atoms with Crippen molar-refractivity contribution in [3.05, 3.63) is 0 Å². The highest BCUT2D eigenvalue weighted by Gasteiger charge is 2.20. The zero-order valence-electron chi connectivity index (χ0n) is 5.35. The third kappa shape index (κ3) is 1.22. The zero-order chi connectivity index (χ0) is 6.04. The standard InChI is InChI=1S/C6H11NO/c1-6(2)4-3-5-7-8-6/h5H,3-4H2,1-2H3. The molecule has 0 N–H and O–H groups in total. The van der Waals surface area contributed by atoms with Gasteiger partial charge in [0.2, 0.25) is 0 Å². The molecule has 0 saturated carbocycles. The molecule has 1 aliphatic heterocycles. The molecule has 1 aliphatic rings. The van der Waals surface area contributed by atoms with Gasteiger partial charge in [0.25, 0.3) is 0 Å². The van der Waals surface area contributed by atoms with E-state index < -0.39 is 0 Å². The predicted molar refractivity (Wildman–Crippen MR) is 32.9 cm³/mol. The Morgan fingerprint density at radius 2 is 2.38 bits per heavy atom. The van der Waals surface area contributed by atoms with Crippen molar-refractivity contribution in [1.29, 1.82) is 0 Å². The van der Waals surface area contributed by atoms with Gasteiger partial charge < -0.3 is 4.84 Å². The molecule has 0 saturated heterocycles. The molecule has 8 heavy (non-hydrogen) atoms. The van der Waals surface area contributed by atoms with Gasteiger partial charge in [-0.3, -0.25) is 0 Å². The van der Waals surface area contributed by atoms with Gasteiger partial charge in [-0.25, -0.2) is 0 Å². The average molecular weight is 113 g/mol. The summed E-state index contributed by atoms with van der Waals surface area (Å²) in [6.45, 7) is 4.09. The lowest BCUT2D eigenvalue weighted by atomic mass is 10.0. The highest BCUT2D eigenvalue weighted by Crippen LogP contribution is 2.18. The van der Waals surface area contributed by atoms with Gasteiger partial charge in [0.15, 0.2) is 0 Å². The molecule has 0 bridgehead atoms. The predicted octanol–water partition coefficient (Wildman–Crippen LogP) is 1.56. The molecular formula is C6H11NO. The molecule has 0 aliphatic carbocycles. The van der Waals surface area contributed by atoms with Crippen LogP contribution in [0.4, 0.5) is 0 Å². The van der Waals surface area contributed by atoms with Gasteiger partial charge in [-0.15, -0.1) is 0 Å². The van der Waals surface area contributed by atoms with Crippen LogP contribution in [-0.2, 0) is 4.84 Å². The van der Waals surface area contributed by atoms with Crippen molar-refractivity contribution >= 4 is 6.21 Å². The molecule has 0 fully saturated rings. The van der Waals surface area contributed by atoms with E-state index in [4.69, 9.17) is 4.84 Å². The summed E-state index contributed by atoms with van der Waals surface area (Å²) in [6, 6.07) is 0. The van der Waals surface area contributed by atoms with E-state index in [0.29, 0.717) is 0 Å². The van der Waals surface area contributed by atoms with Gasteiger partial charge in [0.05, 0.1) is 0 Å². The fourth-order valence-corrected chi connectivity index (χ4v) is 0.690. The van der Waals surface area contributed by atoms with Crippen molar-refractivity contribution < 1.29 is 4.84 Å². The number of hydrogen-bond donors (Lipinski definition) is 0. The van der Waals surface area contributed by atoms with E-state index in [9.17, 15) is 0 Å². The van der Waals surface area contributed by atoms with Crippen LogP contribution in [0.5, 0.6) is 0 Å². The van der Waals surface area contributed by atoms with Gasteiger partial charge >= 0.3 is 0 Å². The van der Waals surface area contributed by atoms with Crippen molar-refractivity contribution in [2.75, 3.05) is 0 Å². The highest BCUT2D eigenvalue weighted by atomic mass is 16.6. The number of oxime groups is 1. The minimum Gasteiger partial charge on any atom is -0.390 e. The summed E-state index contributed by atoms with van der Waals surface area (Å²) in [5, 5.41) is 3.70. The Bertz CT molecular complexity index is 107. The second-order valence-corrected chi connectivity index (χ2v) is 2.68. The quantitative estimate of drug-likeness (QED) is 0.467. The van der Waals surface area contributed by atoms with E-state index in [1.54, 1.807) is 0 Å². The molecule has 0 amide bonds. The minimum absolute atomic E-state index is 0.0191. The van der Waals surface area contributed by atoms with Crippen LogP contribution in [0.2, 0.25) is 0 Å². The first-order valence-electron chi connectivity index (χ1n) is 2.91. The van der Waals surface area contributed by atoms with Gasteiger partial charge in [0, 0.05) is 6.21 Å². The summed E-state index contributed by atoms with van der Waals surface area (Å²) in [5.74, 6) is 0. The maximum atomic E-state index is 5.03. The van der Waals surface area contributed by atoms with Crippen molar-refractivity contribution in [3.8, 4) is 0 Å². The van der Waals surface area contributed by atoms with Crippen LogP contribution < -0.4 is 0 Å². The van der Waals surface area contributed by atoms with Crippen LogP contribution in [0.25, 0.3) is 0 Å². The van der Waals surface area contributed by atoms with E-state index in [-0.39, 0.29) is 5.60 Å². The molecule has 0 aromatic heterocycles. The lowest BCUT2D eigenvalue weighted by molar-refractivity contribution is -0.0266. The Morgan fingerprint density at radius 3 is 2.62 bits per heavy atom. The monoisotopic (exact) mass is 113 g/mol. The summed E-state index contributed by atoms with van der Waals surface area (Å²) in [4.78, 5) is 5.03. The van der Waals surface area contributed by atoms with Crippen molar-refractivity contribution in [1.82, 2.24) is 0 Å². The summed E-state index contributed by atoms with van der Waals surface area (Å²) < 4.78 is 0. The van der Waals surface area contributed by atoms with Gasteiger partial charge in [-0.2, -0.15) is 0 Å². The highest BCUT2D eigenvalue weighted by molar-refractivity contribution is 5.56. The number of hydrogen-bond acceptors (Lipinski definition) is 2. The Labute approximate surface area is 49.5 Å². The van der Waals surface area contributed by atoms with E-state index >= 15 is 0 Å². The summed E-state index contributed by atoms with van der Waals surface area (Å²) in [6.07, 6.45) is 3.94. The largest absolute Gasteiger partial charge is 0.390 e. The van der Waals surface area contributed by atoms with Crippen molar-refractivity contribution in [2.24, 2.45) is 5.16 Å². The molecule has 0 atom stereocenters. The maximum absolute atomic E-state index is 5.03. The fourth-order valence-electron chi connectivity index (χ4n) is 0.690. The van der Waals surface area contributed by atoms with Crippen LogP contribution in [0.3, 0.4) is 0 Å². The fraction of sp³-hybridized carbons (Fsp3) is 0.833. The van der Waals surface area contributed by atoms with Crippen LogP contribution in [-0.4, -0.2) is 11.8 Å².